The van der Waals surface area contributed by atoms with Gasteiger partial charge in [-0.3, -0.25) is 0 Å². The number of aryl methyl sites for hydroxylation is 2. The molecule has 5 nitrogen and oxygen atoms in total. The molecule has 9 aromatic carbocycles. The van der Waals surface area contributed by atoms with E-state index in [-0.39, 0.29) is 0 Å². The minimum atomic E-state index is 0.646. The van der Waals surface area contributed by atoms with E-state index in [1.54, 1.807) is 0 Å². The number of oxazole rings is 1. The minimum Gasteiger partial charge on any atom is -0.436 e. The number of hydrogen-bond donors (Lipinski definition) is 0. The number of anilines is 6. The SMILES string of the molecule is Cc1cc(-c2nc3ccccc3o2)c(C)cc1-c1cccc(-n2c3ccc(N(c4ccccc4)c4ccccc4)cc3c3cc(N(c4ccccc4)c4ccccc4)ccc32)c1. The summed E-state index contributed by atoms with van der Waals surface area (Å²) in [6, 6.07) is 77.6. The second kappa shape index (κ2) is 15.5. The highest BCUT2D eigenvalue weighted by molar-refractivity contribution is 6.12. The van der Waals surface area contributed by atoms with E-state index in [1.165, 1.54) is 5.56 Å². The van der Waals surface area contributed by atoms with Crippen molar-refractivity contribution in [3.05, 3.63) is 230 Å². The first-order valence-electron chi connectivity index (χ1n) is 21.0. The average molecular weight is 799 g/mol. The highest BCUT2D eigenvalue weighted by Crippen LogP contribution is 2.43. The zero-order valence-electron chi connectivity index (χ0n) is 34.5. The highest BCUT2D eigenvalue weighted by Gasteiger charge is 2.21. The summed E-state index contributed by atoms with van der Waals surface area (Å²) in [5.74, 6) is 0.646. The van der Waals surface area contributed by atoms with Crippen LogP contribution >= 0.6 is 0 Å². The molecule has 0 amide bonds. The van der Waals surface area contributed by atoms with Crippen LogP contribution in [0.4, 0.5) is 34.1 Å². The largest absolute Gasteiger partial charge is 0.436 e. The zero-order chi connectivity index (χ0) is 41.6. The Morgan fingerprint density at radius 2 is 0.871 bits per heavy atom. The molecule has 0 N–H and O–H groups in total. The van der Waals surface area contributed by atoms with E-state index in [0.717, 1.165) is 95.0 Å². The van der Waals surface area contributed by atoms with Gasteiger partial charge in [0.05, 0.1) is 11.0 Å². The van der Waals surface area contributed by atoms with Crippen LogP contribution in [0.3, 0.4) is 0 Å². The fourth-order valence-corrected chi connectivity index (χ4v) is 8.92. The van der Waals surface area contributed by atoms with Crippen LogP contribution in [0, 0.1) is 13.8 Å². The topological polar surface area (TPSA) is 37.4 Å². The molecular weight excluding hydrogens is 757 g/mol. The molecule has 0 aliphatic rings. The zero-order valence-corrected chi connectivity index (χ0v) is 34.5. The fourth-order valence-electron chi connectivity index (χ4n) is 8.92. The quantitative estimate of drug-likeness (QED) is 0.146. The van der Waals surface area contributed by atoms with Gasteiger partial charge in [0.1, 0.15) is 5.52 Å². The summed E-state index contributed by atoms with van der Waals surface area (Å²) >= 11 is 0. The van der Waals surface area contributed by atoms with E-state index in [9.17, 15) is 0 Å². The maximum Gasteiger partial charge on any atom is 0.227 e. The Morgan fingerprint density at radius 1 is 0.403 bits per heavy atom. The molecule has 0 saturated heterocycles. The molecule has 5 heteroatoms. The summed E-state index contributed by atoms with van der Waals surface area (Å²) in [6.07, 6.45) is 0. The smallest absolute Gasteiger partial charge is 0.227 e. The van der Waals surface area contributed by atoms with Crippen LogP contribution in [-0.4, -0.2) is 9.55 Å². The Morgan fingerprint density at radius 3 is 1.39 bits per heavy atom. The first-order valence-corrected chi connectivity index (χ1v) is 21.0. The first kappa shape index (κ1) is 36.9. The van der Waals surface area contributed by atoms with Crippen LogP contribution in [0.5, 0.6) is 0 Å². The van der Waals surface area contributed by atoms with Crippen molar-refractivity contribution >= 4 is 67.0 Å². The van der Waals surface area contributed by atoms with E-state index < -0.39 is 0 Å². The van der Waals surface area contributed by atoms with Gasteiger partial charge in [0.25, 0.3) is 0 Å². The number of rotatable bonds is 9. The third-order valence-electron chi connectivity index (χ3n) is 11.8. The van der Waals surface area contributed by atoms with Crippen molar-refractivity contribution in [1.29, 1.82) is 0 Å². The van der Waals surface area contributed by atoms with E-state index >= 15 is 0 Å². The lowest BCUT2D eigenvalue weighted by Gasteiger charge is -2.26. The average Bonchev–Trinajstić information content (AvgIpc) is 3.90. The fraction of sp³-hybridized carbons (Fsp3) is 0.0351. The van der Waals surface area contributed by atoms with Crippen LogP contribution in [0.15, 0.2) is 223 Å². The first-order chi connectivity index (χ1) is 30.6. The molecule has 0 fully saturated rings. The van der Waals surface area contributed by atoms with Crippen molar-refractivity contribution in [2.75, 3.05) is 9.80 Å². The van der Waals surface area contributed by atoms with Gasteiger partial charge in [-0.15, -0.1) is 0 Å². The van der Waals surface area contributed by atoms with Gasteiger partial charge in [0.2, 0.25) is 5.89 Å². The molecule has 62 heavy (non-hydrogen) atoms. The van der Waals surface area contributed by atoms with Crippen molar-refractivity contribution < 1.29 is 4.42 Å². The highest BCUT2D eigenvalue weighted by atomic mass is 16.3. The second-order valence-corrected chi connectivity index (χ2v) is 15.8. The van der Waals surface area contributed by atoms with Gasteiger partial charge < -0.3 is 18.8 Å². The second-order valence-electron chi connectivity index (χ2n) is 15.8. The molecule has 0 saturated carbocycles. The molecule has 296 valence electrons. The van der Waals surface area contributed by atoms with Crippen LogP contribution in [0.25, 0.3) is 61.2 Å². The maximum absolute atomic E-state index is 6.21. The van der Waals surface area contributed by atoms with Gasteiger partial charge in [-0.25, -0.2) is 4.98 Å². The predicted molar refractivity (Wildman–Crippen MR) is 258 cm³/mol. The van der Waals surface area contributed by atoms with Gasteiger partial charge in [0, 0.05) is 56.1 Å². The summed E-state index contributed by atoms with van der Waals surface area (Å²) in [5, 5.41) is 2.33. The molecule has 0 radical (unpaired) electrons. The van der Waals surface area contributed by atoms with E-state index in [0.29, 0.717) is 5.89 Å². The summed E-state index contributed by atoms with van der Waals surface area (Å²) in [5.41, 5.74) is 17.2. The van der Waals surface area contributed by atoms with Gasteiger partial charge in [-0.05, 0) is 151 Å². The summed E-state index contributed by atoms with van der Waals surface area (Å²) in [4.78, 5) is 9.49. The molecule has 0 aliphatic heterocycles. The van der Waals surface area contributed by atoms with E-state index in [1.807, 2.05) is 24.3 Å². The molecule has 2 aromatic heterocycles. The maximum atomic E-state index is 6.21. The van der Waals surface area contributed by atoms with Crippen molar-refractivity contribution in [3.63, 3.8) is 0 Å². The minimum absolute atomic E-state index is 0.646. The monoisotopic (exact) mass is 798 g/mol. The molecule has 11 rings (SSSR count). The number of nitrogens with zero attached hydrogens (tertiary/aromatic N) is 4. The Kier molecular flexibility index (Phi) is 9.20. The van der Waals surface area contributed by atoms with Crippen LogP contribution in [0.2, 0.25) is 0 Å². The number of aromatic nitrogens is 2. The lowest BCUT2D eigenvalue weighted by molar-refractivity contribution is 0.619. The normalized spacial score (nSPS) is 11.4. The third-order valence-corrected chi connectivity index (χ3v) is 11.8. The lowest BCUT2D eigenvalue weighted by atomic mass is 9.94. The Hall–Kier alpha value is -8.15. The van der Waals surface area contributed by atoms with Crippen LogP contribution in [0.1, 0.15) is 11.1 Å². The Labute approximate surface area is 361 Å². The van der Waals surface area contributed by atoms with Gasteiger partial charge in [-0.2, -0.15) is 0 Å². The van der Waals surface area contributed by atoms with Crippen LogP contribution < -0.4 is 9.80 Å². The molecule has 2 heterocycles. The third kappa shape index (κ3) is 6.57. The number of para-hydroxylation sites is 6. The summed E-state index contributed by atoms with van der Waals surface area (Å²) in [6.45, 7) is 4.31. The van der Waals surface area contributed by atoms with Crippen molar-refractivity contribution in [3.8, 4) is 28.3 Å². The molecule has 0 bridgehead atoms. The molecular formula is C57H42N4O. The summed E-state index contributed by atoms with van der Waals surface area (Å²) in [7, 11) is 0. The van der Waals surface area contributed by atoms with Gasteiger partial charge >= 0.3 is 0 Å². The van der Waals surface area contributed by atoms with Crippen molar-refractivity contribution in [2.24, 2.45) is 0 Å². The number of fused-ring (bicyclic) bond motifs is 4. The standard InChI is InChI=1S/C57H42N4O/c1-39-35-50(57-58-53-28-15-16-29-56(53)62-57)40(2)34-49(39)41-18-17-27-46(36-41)61-54-32-30-47(59(42-19-7-3-8-20-42)43-21-9-4-10-22-43)37-51(54)52-38-48(31-33-55(52)61)60(44-23-11-5-12-24-44)45-25-13-6-14-26-45/h3-38H,1-2H3. The Bertz CT molecular complexity index is 3120. The van der Waals surface area contributed by atoms with Crippen molar-refractivity contribution in [2.45, 2.75) is 13.8 Å². The molecule has 0 atom stereocenters. The van der Waals surface area contributed by atoms with Crippen LogP contribution in [-0.2, 0) is 0 Å². The lowest BCUT2D eigenvalue weighted by Crippen LogP contribution is -2.09. The van der Waals surface area contributed by atoms with Gasteiger partial charge in [-0.1, -0.05) is 103 Å². The van der Waals surface area contributed by atoms with Gasteiger partial charge in [0.15, 0.2) is 5.58 Å². The van der Waals surface area contributed by atoms with E-state index in [4.69, 9.17) is 9.40 Å². The predicted octanol–water partition coefficient (Wildman–Crippen LogP) is 15.8. The summed E-state index contributed by atoms with van der Waals surface area (Å²) < 4.78 is 8.63. The molecule has 11 aromatic rings. The molecule has 0 aliphatic carbocycles. The number of hydrogen-bond acceptors (Lipinski definition) is 4. The molecule has 0 spiro atoms. The van der Waals surface area contributed by atoms with Crippen molar-refractivity contribution in [1.82, 2.24) is 9.55 Å². The molecule has 0 unspecified atom stereocenters. The van der Waals surface area contributed by atoms with E-state index in [2.05, 4.69) is 222 Å². The number of benzene rings is 9. The Balaban J connectivity index is 1.10.